The number of rotatable bonds is 3. The van der Waals surface area contributed by atoms with Gasteiger partial charge in [-0.1, -0.05) is 13.8 Å². The lowest BCUT2D eigenvalue weighted by molar-refractivity contribution is 0.668. The van der Waals surface area contributed by atoms with E-state index in [-0.39, 0.29) is 0 Å². The number of hydrogen-bond acceptors (Lipinski definition) is 2. The molecule has 0 aliphatic rings. The van der Waals surface area contributed by atoms with Crippen LogP contribution in [0, 0.1) is 0 Å². The number of hydrogen-bond donors (Lipinski definition) is 1. The van der Waals surface area contributed by atoms with Crippen LogP contribution < -0.4 is 5.32 Å². The lowest BCUT2D eigenvalue weighted by Gasteiger charge is -2.07. The van der Waals surface area contributed by atoms with E-state index in [0.717, 1.165) is 12.4 Å². The zero-order chi connectivity index (χ0) is 9.14. The Balaban J connectivity index is 2.88. The summed E-state index contributed by atoms with van der Waals surface area (Å²) in [6.45, 7) is 5.20. The number of nitrogens with zero attached hydrogens (tertiary/aromatic N) is 2. The fraction of sp³-hybridized carbons (Fsp3) is 0.667. The van der Waals surface area contributed by atoms with E-state index in [1.54, 1.807) is 0 Å². The van der Waals surface area contributed by atoms with Gasteiger partial charge in [0.25, 0.3) is 0 Å². The lowest BCUT2D eigenvalue weighted by Crippen LogP contribution is -2.11. The van der Waals surface area contributed by atoms with Gasteiger partial charge in [-0.2, -0.15) is 0 Å². The van der Waals surface area contributed by atoms with Crippen molar-refractivity contribution in [2.75, 3.05) is 7.05 Å². The van der Waals surface area contributed by atoms with Crippen molar-refractivity contribution >= 4 is 0 Å². The molecule has 1 rings (SSSR count). The normalized spacial score (nSPS) is 11.1. The largest absolute Gasteiger partial charge is 0.334 e. The van der Waals surface area contributed by atoms with Crippen molar-refractivity contribution in [3.8, 4) is 0 Å². The fourth-order valence-electron chi connectivity index (χ4n) is 1.32. The molecule has 1 aromatic heterocycles. The molecule has 0 bridgehead atoms. The van der Waals surface area contributed by atoms with E-state index in [2.05, 4.69) is 35.8 Å². The molecule has 0 aliphatic carbocycles. The smallest absolute Gasteiger partial charge is 0.122 e. The Morgan fingerprint density at radius 2 is 2.25 bits per heavy atom. The fourth-order valence-corrected chi connectivity index (χ4v) is 1.32. The second kappa shape index (κ2) is 3.72. The molecule has 0 saturated heterocycles. The van der Waals surface area contributed by atoms with Crippen molar-refractivity contribution in [2.24, 2.45) is 7.05 Å². The molecule has 12 heavy (non-hydrogen) atoms. The highest BCUT2D eigenvalue weighted by Gasteiger charge is 2.07. The van der Waals surface area contributed by atoms with Crippen molar-refractivity contribution in [1.29, 1.82) is 0 Å². The molecule has 1 heterocycles. The van der Waals surface area contributed by atoms with Crippen LogP contribution in [-0.2, 0) is 13.6 Å². The molecule has 0 amide bonds. The Labute approximate surface area is 73.8 Å². The summed E-state index contributed by atoms with van der Waals surface area (Å²) in [4.78, 5) is 4.33. The van der Waals surface area contributed by atoms with E-state index in [0.29, 0.717) is 5.92 Å². The third kappa shape index (κ3) is 1.67. The highest BCUT2D eigenvalue weighted by atomic mass is 15.1. The first kappa shape index (κ1) is 9.26. The summed E-state index contributed by atoms with van der Waals surface area (Å²) < 4.78 is 2.15. The molecule has 0 fully saturated rings. The maximum absolute atomic E-state index is 4.33. The van der Waals surface area contributed by atoms with Gasteiger partial charge in [0.1, 0.15) is 5.82 Å². The van der Waals surface area contributed by atoms with Crippen molar-refractivity contribution in [3.05, 3.63) is 17.7 Å². The van der Waals surface area contributed by atoms with Crippen molar-refractivity contribution < 1.29 is 0 Å². The average Bonchev–Trinajstić information content (AvgIpc) is 2.34. The highest BCUT2D eigenvalue weighted by molar-refractivity contribution is 5.08. The molecule has 0 saturated carbocycles. The second-order valence-corrected chi connectivity index (χ2v) is 3.34. The van der Waals surface area contributed by atoms with Gasteiger partial charge in [0.2, 0.25) is 0 Å². The van der Waals surface area contributed by atoms with Gasteiger partial charge in [-0.15, -0.1) is 0 Å². The van der Waals surface area contributed by atoms with E-state index < -0.39 is 0 Å². The minimum absolute atomic E-state index is 0.549. The van der Waals surface area contributed by atoms with Crippen LogP contribution in [0.2, 0.25) is 0 Å². The molecule has 3 heteroatoms. The SMILES string of the molecule is CNCc1ncc(C(C)C)n1C. The summed E-state index contributed by atoms with van der Waals surface area (Å²) in [5.74, 6) is 1.65. The summed E-state index contributed by atoms with van der Waals surface area (Å²) >= 11 is 0. The predicted molar refractivity (Wildman–Crippen MR) is 50.1 cm³/mol. The van der Waals surface area contributed by atoms with Crippen LogP contribution in [0.1, 0.15) is 31.3 Å². The zero-order valence-corrected chi connectivity index (χ0v) is 8.26. The lowest BCUT2D eigenvalue weighted by atomic mass is 10.1. The molecule has 0 unspecified atom stereocenters. The molecule has 0 radical (unpaired) electrons. The van der Waals surface area contributed by atoms with Gasteiger partial charge in [0, 0.05) is 18.9 Å². The minimum Gasteiger partial charge on any atom is -0.334 e. The Morgan fingerprint density at radius 1 is 1.58 bits per heavy atom. The maximum Gasteiger partial charge on any atom is 0.122 e. The third-order valence-corrected chi connectivity index (χ3v) is 2.05. The average molecular weight is 167 g/mol. The Bertz CT molecular complexity index is 250. The van der Waals surface area contributed by atoms with Gasteiger partial charge >= 0.3 is 0 Å². The molecule has 0 aliphatic heterocycles. The molecular weight excluding hydrogens is 150 g/mol. The van der Waals surface area contributed by atoms with Gasteiger partial charge in [-0.25, -0.2) is 4.98 Å². The highest BCUT2D eigenvalue weighted by Crippen LogP contribution is 2.14. The quantitative estimate of drug-likeness (QED) is 0.734. The Hall–Kier alpha value is -0.830. The van der Waals surface area contributed by atoms with Gasteiger partial charge in [0.05, 0.1) is 6.54 Å². The summed E-state index contributed by atoms with van der Waals surface area (Å²) in [6.07, 6.45) is 1.96. The molecule has 0 atom stereocenters. The Kier molecular flexibility index (Phi) is 2.87. The summed E-state index contributed by atoms with van der Waals surface area (Å²) in [7, 11) is 4.00. The summed E-state index contributed by atoms with van der Waals surface area (Å²) in [5, 5.41) is 3.09. The van der Waals surface area contributed by atoms with Crippen molar-refractivity contribution in [1.82, 2.24) is 14.9 Å². The van der Waals surface area contributed by atoms with Crippen LogP contribution in [0.15, 0.2) is 6.20 Å². The van der Waals surface area contributed by atoms with Crippen LogP contribution in [0.4, 0.5) is 0 Å². The first-order valence-electron chi connectivity index (χ1n) is 4.32. The Morgan fingerprint density at radius 3 is 2.67 bits per heavy atom. The standard InChI is InChI=1S/C9H17N3/c1-7(2)8-5-11-9(6-10-3)12(8)4/h5,7,10H,6H2,1-4H3. The summed E-state index contributed by atoms with van der Waals surface area (Å²) in [6, 6.07) is 0. The molecular formula is C9H17N3. The topological polar surface area (TPSA) is 29.9 Å². The monoisotopic (exact) mass is 167 g/mol. The first-order valence-corrected chi connectivity index (χ1v) is 4.32. The van der Waals surface area contributed by atoms with Crippen LogP contribution >= 0.6 is 0 Å². The van der Waals surface area contributed by atoms with Crippen molar-refractivity contribution in [3.63, 3.8) is 0 Å². The molecule has 1 aromatic rings. The number of imidazole rings is 1. The van der Waals surface area contributed by atoms with Gasteiger partial charge in [-0.3, -0.25) is 0 Å². The van der Waals surface area contributed by atoms with Gasteiger partial charge in [0.15, 0.2) is 0 Å². The van der Waals surface area contributed by atoms with Crippen molar-refractivity contribution in [2.45, 2.75) is 26.3 Å². The molecule has 0 aromatic carbocycles. The maximum atomic E-state index is 4.33. The van der Waals surface area contributed by atoms with E-state index in [9.17, 15) is 0 Å². The van der Waals surface area contributed by atoms with E-state index in [1.807, 2.05) is 13.2 Å². The number of nitrogens with one attached hydrogen (secondary N) is 1. The van der Waals surface area contributed by atoms with Crippen LogP contribution in [0.5, 0.6) is 0 Å². The zero-order valence-electron chi connectivity index (χ0n) is 8.26. The molecule has 68 valence electrons. The second-order valence-electron chi connectivity index (χ2n) is 3.34. The number of aromatic nitrogens is 2. The van der Waals surface area contributed by atoms with E-state index in [4.69, 9.17) is 0 Å². The van der Waals surface area contributed by atoms with Gasteiger partial charge in [-0.05, 0) is 13.0 Å². The molecule has 0 spiro atoms. The predicted octanol–water partition coefficient (Wildman–Crippen LogP) is 1.26. The molecule has 3 nitrogen and oxygen atoms in total. The first-order chi connectivity index (χ1) is 5.66. The minimum atomic E-state index is 0.549. The van der Waals surface area contributed by atoms with E-state index in [1.165, 1.54) is 5.69 Å². The molecule has 1 N–H and O–H groups in total. The van der Waals surface area contributed by atoms with Gasteiger partial charge < -0.3 is 9.88 Å². The third-order valence-electron chi connectivity index (χ3n) is 2.05. The van der Waals surface area contributed by atoms with Crippen LogP contribution in [0.3, 0.4) is 0 Å². The van der Waals surface area contributed by atoms with Crippen LogP contribution in [0.25, 0.3) is 0 Å². The van der Waals surface area contributed by atoms with E-state index >= 15 is 0 Å². The van der Waals surface area contributed by atoms with Crippen LogP contribution in [-0.4, -0.2) is 16.6 Å². The summed E-state index contributed by atoms with van der Waals surface area (Å²) in [5.41, 5.74) is 1.29.